The lowest BCUT2D eigenvalue weighted by molar-refractivity contribution is 0.571. The molecule has 2 N–H and O–H groups in total. The van der Waals surface area contributed by atoms with Crippen LogP contribution in [0.2, 0.25) is 0 Å². The van der Waals surface area contributed by atoms with E-state index in [1.165, 1.54) is 24.8 Å². The van der Waals surface area contributed by atoms with Gasteiger partial charge in [0.05, 0.1) is 0 Å². The molecule has 0 aliphatic carbocycles. The molecule has 0 spiro atoms. The highest BCUT2D eigenvalue weighted by Crippen LogP contribution is 2.28. The van der Waals surface area contributed by atoms with Gasteiger partial charge in [-0.25, -0.2) is 0 Å². The van der Waals surface area contributed by atoms with E-state index in [1.807, 2.05) is 18.2 Å². The van der Waals surface area contributed by atoms with E-state index in [9.17, 15) is 0 Å². The zero-order chi connectivity index (χ0) is 12.7. The van der Waals surface area contributed by atoms with Gasteiger partial charge >= 0.3 is 0 Å². The maximum atomic E-state index is 6.20. The minimum atomic E-state index is 0.126. The summed E-state index contributed by atoms with van der Waals surface area (Å²) in [5.41, 5.74) is 7.39. The fourth-order valence-electron chi connectivity index (χ4n) is 1.79. The van der Waals surface area contributed by atoms with Crippen LogP contribution in [0.25, 0.3) is 0 Å². The first-order chi connectivity index (χ1) is 8.15. The summed E-state index contributed by atoms with van der Waals surface area (Å²) in [7, 11) is 0. The van der Waals surface area contributed by atoms with Crippen molar-refractivity contribution >= 4 is 31.9 Å². The van der Waals surface area contributed by atoms with Gasteiger partial charge in [0.2, 0.25) is 0 Å². The molecule has 1 aromatic rings. The minimum Gasteiger partial charge on any atom is -0.324 e. The Morgan fingerprint density at radius 3 is 2.65 bits per heavy atom. The maximum Gasteiger partial charge on any atom is 0.0306 e. The molecule has 17 heavy (non-hydrogen) atoms. The molecule has 0 aliphatic rings. The lowest BCUT2D eigenvalue weighted by atomic mass is 10.0. The van der Waals surface area contributed by atoms with Gasteiger partial charge in [0.1, 0.15) is 0 Å². The van der Waals surface area contributed by atoms with Gasteiger partial charge in [-0.05, 0) is 37.0 Å². The normalized spacial score (nSPS) is 12.4. The van der Waals surface area contributed by atoms with Crippen LogP contribution in [0.5, 0.6) is 0 Å². The molecule has 0 amide bonds. The van der Waals surface area contributed by atoms with E-state index >= 15 is 0 Å². The third-order valence-electron chi connectivity index (χ3n) is 2.79. The average molecular weight is 361 g/mol. The molecular formula is C14H19Br2N. The molecule has 0 radical (unpaired) electrons. The van der Waals surface area contributed by atoms with Gasteiger partial charge in [0.25, 0.3) is 0 Å². The number of hydrogen-bond donors (Lipinski definition) is 1. The van der Waals surface area contributed by atoms with Crippen LogP contribution in [0.3, 0.4) is 0 Å². The zero-order valence-corrected chi connectivity index (χ0v) is 13.1. The van der Waals surface area contributed by atoms with Crippen molar-refractivity contribution in [3.8, 4) is 0 Å². The number of halogens is 2. The van der Waals surface area contributed by atoms with Gasteiger partial charge < -0.3 is 5.73 Å². The van der Waals surface area contributed by atoms with E-state index in [2.05, 4.69) is 44.5 Å². The number of nitrogens with two attached hydrogens (primary N) is 1. The molecule has 1 unspecified atom stereocenters. The summed E-state index contributed by atoms with van der Waals surface area (Å²) in [6.45, 7) is 3.73. The second kappa shape index (κ2) is 8.06. The van der Waals surface area contributed by atoms with Crippen LogP contribution in [0, 0.1) is 0 Å². The highest BCUT2D eigenvalue weighted by molar-refractivity contribution is 9.11. The first-order valence-electron chi connectivity index (χ1n) is 5.96. The van der Waals surface area contributed by atoms with Gasteiger partial charge in [-0.2, -0.15) is 0 Å². The van der Waals surface area contributed by atoms with Crippen LogP contribution >= 0.6 is 31.9 Å². The second-order valence-corrected chi connectivity index (χ2v) is 5.97. The summed E-state index contributed by atoms with van der Waals surface area (Å²) < 4.78 is 2.16. The lowest BCUT2D eigenvalue weighted by Gasteiger charge is -2.14. The molecule has 0 saturated carbocycles. The van der Waals surface area contributed by atoms with Crippen molar-refractivity contribution in [3.05, 3.63) is 45.4 Å². The first-order valence-corrected chi connectivity index (χ1v) is 7.55. The van der Waals surface area contributed by atoms with Gasteiger partial charge in [0, 0.05) is 15.0 Å². The number of allylic oxidation sites excluding steroid dienone is 1. The predicted octanol–water partition coefficient (Wildman–Crippen LogP) is 5.35. The van der Waals surface area contributed by atoms with Crippen LogP contribution in [0.4, 0.5) is 0 Å². The Morgan fingerprint density at radius 1 is 1.24 bits per heavy atom. The number of rotatable bonds is 7. The molecule has 1 nitrogen and oxygen atoms in total. The van der Waals surface area contributed by atoms with E-state index in [0.717, 1.165) is 21.8 Å². The van der Waals surface area contributed by atoms with E-state index in [1.54, 1.807) is 0 Å². The maximum absolute atomic E-state index is 6.20. The molecule has 0 fully saturated rings. The topological polar surface area (TPSA) is 26.0 Å². The standard InChI is InChI=1S/C14H19Br2N/c1-2-3-4-5-6-7-14(17)12-9-8-11(15)10-13(12)16/h2,8-10,14H,1,3-7,17H2. The van der Waals surface area contributed by atoms with Gasteiger partial charge in [0.15, 0.2) is 0 Å². The summed E-state index contributed by atoms with van der Waals surface area (Å²) in [5.74, 6) is 0. The van der Waals surface area contributed by atoms with E-state index in [-0.39, 0.29) is 6.04 Å². The summed E-state index contributed by atoms with van der Waals surface area (Å²) >= 11 is 7.00. The molecule has 0 aromatic heterocycles. The van der Waals surface area contributed by atoms with Gasteiger partial charge in [-0.1, -0.05) is 56.8 Å². The molecule has 0 bridgehead atoms. The van der Waals surface area contributed by atoms with Gasteiger partial charge in [-0.3, -0.25) is 0 Å². The van der Waals surface area contributed by atoms with Crippen molar-refractivity contribution < 1.29 is 0 Å². The Labute approximate surface area is 121 Å². The summed E-state index contributed by atoms with van der Waals surface area (Å²) in [6, 6.07) is 6.30. The third kappa shape index (κ3) is 5.36. The Hall–Kier alpha value is -0.120. The molecule has 1 atom stereocenters. The highest BCUT2D eigenvalue weighted by atomic mass is 79.9. The molecule has 0 heterocycles. The molecule has 3 heteroatoms. The molecule has 94 valence electrons. The minimum absolute atomic E-state index is 0.126. The fraction of sp³-hybridized carbons (Fsp3) is 0.429. The second-order valence-electron chi connectivity index (χ2n) is 4.20. The van der Waals surface area contributed by atoms with Crippen LogP contribution in [0.15, 0.2) is 39.8 Å². The lowest BCUT2D eigenvalue weighted by Crippen LogP contribution is -2.10. The van der Waals surface area contributed by atoms with Crippen LogP contribution in [0.1, 0.15) is 43.7 Å². The van der Waals surface area contributed by atoms with Crippen LogP contribution in [-0.2, 0) is 0 Å². The Kier molecular flexibility index (Phi) is 7.09. The van der Waals surface area contributed by atoms with Gasteiger partial charge in [-0.15, -0.1) is 6.58 Å². The molecule has 0 aliphatic heterocycles. The molecule has 0 saturated heterocycles. The van der Waals surface area contributed by atoms with Crippen molar-refractivity contribution in [1.29, 1.82) is 0 Å². The van der Waals surface area contributed by atoms with Crippen LogP contribution < -0.4 is 5.73 Å². The van der Waals surface area contributed by atoms with Crippen molar-refractivity contribution in [2.75, 3.05) is 0 Å². The quantitative estimate of drug-likeness (QED) is 0.514. The Morgan fingerprint density at radius 2 is 2.00 bits per heavy atom. The van der Waals surface area contributed by atoms with Crippen molar-refractivity contribution in [3.63, 3.8) is 0 Å². The van der Waals surface area contributed by atoms with E-state index < -0.39 is 0 Å². The summed E-state index contributed by atoms with van der Waals surface area (Å²) in [4.78, 5) is 0. The fourth-order valence-corrected chi connectivity index (χ4v) is 3.13. The third-order valence-corrected chi connectivity index (χ3v) is 3.97. The smallest absolute Gasteiger partial charge is 0.0306 e. The van der Waals surface area contributed by atoms with Crippen molar-refractivity contribution in [1.82, 2.24) is 0 Å². The summed E-state index contributed by atoms with van der Waals surface area (Å²) in [5, 5.41) is 0. The predicted molar refractivity (Wildman–Crippen MR) is 82.1 cm³/mol. The van der Waals surface area contributed by atoms with E-state index in [4.69, 9.17) is 5.73 Å². The highest BCUT2D eigenvalue weighted by Gasteiger charge is 2.09. The average Bonchev–Trinajstić information content (AvgIpc) is 2.28. The zero-order valence-electron chi connectivity index (χ0n) is 9.96. The van der Waals surface area contributed by atoms with Crippen molar-refractivity contribution in [2.45, 2.75) is 38.1 Å². The molecule has 1 aromatic carbocycles. The number of unbranched alkanes of at least 4 members (excludes halogenated alkanes) is 3. The summed E-state index contributed by atoms with van der Waals surface area (Å²) in [6.07, 6.45) is 7.75. The number of benzene rings is 1. The number of hydrogen-bond acceptors (Lipinski definition) is 1. The van der Waals surface area contributed by atoms with Crippen LogP contribution in [-0.4, -0.2) is 0 Å². The Bertz CT molecular complexity index is 363. The van der Waals surface area contributed by atoms with Crippen molar-refractivity contribution in [2.24, 2.45) is 5.73 Å². The monoisotopic (exact) mass is 359 g/mol. The molecule has 1 rings (SSSR count). The Balaban J connectivity index is 2.41. The first kappa shape index (κ1) is 14.9. The van der Waals surface area contributed by atoms with E-state index in [0.29, 0.717) is 0 Å². The molecular weight excluding hydrogens is 342 g/mol. The largest absolute Gasteiger partial charge is 0.324 e. The SMILES string of the molecule is C=CCCCCCC(N)c1ccc(Br)cc1Br.